The molecule has 0 bridgehead atoms. The zero-order valence-electron chi connectivity index (χ0n) is 29.2. The number of hydrogen-bond donors (Lipinski definition) is 1. The first kappa shape index (κ1) is 36.4. The molecule has 40 heavy (non-hydrogen) atoms. The Balaban J connectivity index is 2.56. The summed E-state index contributed by atoms with van der Waals surface area (Å²) in [4.78, 5) is 2.63. The molecule has 0 spiro atoms. The maximum Gasteiger partial charge on any atom is 0.0429 e. The smallest absolute Gasteiger partial charge is 0.0429 e. The lowest BCUT2D eigenvalue weighted by Crippen LogP contribution is -2.58. The molecule has 1 saturated heterocycles. The second kappa shape index (κ2) is 15.8. The molecule has 238 valence electrons. The van der Waals surface area contributed by atoms with Crippen molar-refractivity contribution in [1.29, 1.82) is 0 Å². The van der Waals surface area contributed by atoms with Gasteiger partial charge in [-0.3, -0.25) is 0 Å². The summed E-state index contributed by atoms with van der Waals surface area (Å²) in [6, 6.07) is 0.959. The Morgan fingerprint density at radius 2 is 1.50 bits per heavy atom. The van der Waals surface area contributed by atoms with Gasteiger partial charge in [0.2, 0.25) is 0 Å². The van der Waals surface area contributed by atoms with Crippen LogP contribution in [-0.2, 0) is 0 Å². The lowest BCUT2D eigenvalue weighted by molar-refractivity contribution is -0.0969. The van der Waals surface area contributed by atoms with Crippen molar-refractivity contribution in [2.24, 2.45) is 63.9 Å². The predicted molar refractivity (Wildman–Crippen MR) is 180 cm³/mol. The number of rotatable bonds is 15. The van der Waals surface area contributed by atoms with Crippen molar-refractivity contribution in [3.63, 3.8) is 0 Å². The highest BCUT2D eigenvalue weighted by atomic mass is 35.5. The van der Waals surface area contributed by atoms with Crippen molar-refractivity contribution in [2.75, 3.05) is 13.1 Å². The summed E-state index contributed by atoms with van der Waals surface area (Å²) < 4.78 is 0. The van der Waals surface area contributed by atoms with E-state index in [1.165, 1.54) is 64.5 Å². The average molecular weight is 581 g/mol. The number of halogens is 1. The zero-order valence-corrected chi connectivity index (χ0v) is 30.0. The summed E-state index contributed by atoms with van der Waals surface area (Å²) in [7, 11) is 0. The average Bonchev–Trinajstić information content (AvgIpc) is 2.87. The largest absolute Gasteiger partial charge is 0.328 e. The van der Waals surface area contributed by atoms with Crippen molar-refractivity contribution in [3.05, 3.63) is 0 Å². The number of nitrogens with zero attached hydrogens (tertiary/aromatic N) is 1. The summed E-state index contributed by atoms with van der Waals surface area (Å²) in [5, 5.41) is 0.168. The predicted octanol–water partition coefficient (Wildman–Crippen LogP) is 10.7. The lowest BCUT2D eigenvalue weighted by Gasteiger charge is -2.61. The second-order valence-electron chi connectivity index (χ2n) is 16.2. The van der Waals surface area contributed by atoms with E-state index in [2.05, 4.69) is 88.0 Å². The molecule has 8 unspecified atom stereocenters. The molecule has 0 aromatic rings. The maximum atomic E-state index is 8.17. The van der Waals surface area contributed by atoms with Gasteiger partial charge in [0.15, 0.2) is 0 Å². The summed E-state index contributed by atoms with van der Waals surface area (Å²) in [5.74, 6) is 5.42. The Bertz CT molecular complexity index is 705. The maximum absolute atomic E-state index is 8.17. The fourth-order valence-electron chi connectivity index (χ4n) is 9.22. The van der Waals surface area contributed by atoms with Crippen LogP contribution in [0.25, 0.3) is 0 Å². The van der Waals surface area contributed by atoms with Crippen LogP contribution < -0.4 is 5.73 Å². The van der Waals surface area contributed by atoms with Crippen molar-refractivity contribution < 1.29 is 0 Å². The minimum atomic E-state index is 0.0763. The third-order valence-corrected chi connectivity index (χ3v) is 13.6. The van der Waals surface area contributed by atoms with E-state index in [4.69, 9.17) is 17.3 Å². The Kier molecular flexibility index (Phi) is 14.4. The standard InChI is InChI=1S/C37H73ClN2/c1-13-30(14-2)34(28(10)26(6)7)37(12)35(38)33(22-32(39)19-21-36(37,11)20-18-25(4)5)31(15-3)17-16-29-23-40(24-29)27(8)9/h25-35H,13-24,39H2,1-12H3. The first-order valence-electron chi connectivity index (χ1n) is 17.8. The highest BCUT2D eigenvalue weighted by Gasteiger charge is 2.59. The molecule has 0 aromatic carbocycles. The molecule has 1 aliphatic heterocycles. The van der Waals surface area contributed by atoms with Gasteiger partial charge in [-0.2, -0.15) is 0 Å². The van der Waals surface area contributed by atoms with Gasteiger partial charge in [0, 0.05) is 30.6 Å². The van der Waals surface area contributed by atoms with Crippen molar-refractivity contribution >= 4 is 11.6 Å². The van der Waals surface area contributed by atoms with Crippen LogP contribution in [0.5, 0.6) is 0 Å². The van der Waals surface area contributed by atoms with Crippen LogP contribution in [0.2, 0.25) is 0 Å². The van der Waals surface area contributed by atoms with Crippen LogP contribution in [0, 0.1) is 58.2 Å². The molecule has 1 aliphatic carbocycles. The summed E-state index contributed by atoms with van der Waals surface area (Å²) in [6.07, 6.45) is 12.5. The van der Waals surface area contributed by atoms with Gasteiger partial charge in [-0.15, -0.1) is 11.6 Å². The number of nitrogens with two attached hydrogens (primary N) is 1. The van der Waals surface area contributed by atoms with Gasteiger partial charge in [0.25, 0.3) is 0 Å². The molecular weight excluding hydrogens is 508 g/mol. The Labute approximate surface area is 257 Å². The van der Waals surface area contributed by atoms with E-state index >= 15 is 0 Å². The number of alkyl halides is 1. The van der Waals surface area contributed by atoms with Crippen LogP contribution >= 0.6 is 11.6 Å². The van der Waals surface area contributed by atoms with Crippen LogP contribution in [-0.4, -0.2) is 35.5 Å². The Morgan fingerprint density at radius 1 is 0.900 bits per heavy atom. The van der Waals surface area contributed by atoms with Gasteiger partial charge in [0.05, 0.1) is 0 Å². The Morgan fingerprint density at radius 3 is 1.98 bits per heavy atom. The SMILES string of the molecule is CCC(CCC1CN(C(C)C)C1)C1CC(N)CCC(C)(CCC(C)C)C(C)(C(C(CC)CC)C(C)C(C)C)C1Cl. The van der Waals surface area contributed by atoms with Crippen molar-refractivity contribution in [3.8, 4) is 0 Å². The Hall–Kier alpha value is 0.210. The third-order valence-electron chi connectivity index (χ3n) is 12.8. The zero-order chi connectivity index (χ0) is 30.4. The van der Waals surface area contributed by atoms with E-state index in [-0.39, 0.29) is 22.2 Å². The topological polar surface area (TPSA) is 29.3 Å². The summed E-state index contributed by atoms with van der Waals surface area (Å²) in [5.41, 5.74) is 7.26. The van der Waals surface area contributed by atoms with E-state index < -0.39 is 0 Å². The molecule has 2 rings (SSSR count). The van der Waals surface area contributed by atoms with Gasteiger partial charge in [-0.05, 0) is 111 Å². The van der Waals surface area contributed by atoms with E-state index in [0.29, 0.717) is 41.5 Å². The van der Waals surface area contributed by atoms with Crippen LogP contribution in [0.3, 0.4) is 0 Å². The molecule has 1 saturated carbocycles. The molecule has 1 heterocycles. The summed E-state index contributed by atoms with van der Waals surface area (Å²) >= 11 is 8.17. The van der Waals surface area contributed by atoms with E-state index in [1.807, 2.05) is 0 Å². The van der Waals surface area contributed by atoms with Crippen LogP contribution in [0.1, 0.15) is 147 Å². The van der Waals surface area contributed by atoms with Crippen molar-refractivity contribution in [1.82, 2.24) is 4.90 Å². The van der Waals surface area contributed by atoms with Gasteiger partial charge in [-0.25, -0.2) is 0 Å². The van der Waals surface area contributed by atoms with Crippen LogP contribution in [0.4, 0.5) is 0 Å². The molecule has 0 amide bonds. The first-order chi connectivity index (χ1) is 18.7. The molecule has 0 radical (unpaired) electrons. The fourth-order valence-corrected chi connectivity index (χ4v) is 9.94. The fraction of sp³-hybridized carbons (Fsp3) is 1.00. The lowest BCUT2D eigenvalue weighted by atomic mass is 9.45. The minimum Gasteiger partial charge on any atom is -0.328 e. The highest BCUT2D eigenvalue weighted by Crippen LogP contribution is 2.63. The minimum absolute atomic E-state index is 0.0763. The molecule has 8 atom stereocenters. The monoisotopic (exact) mass is 581 g/mol. The number of hydrogen-bond acceptors (Lipinski definition) is 2. The molecule has 2 N–H and O–H groups in total. The van der Waals surface area contributed by atoms with E-state index in [0.717, 1.165) is 24.7 Å². The van der Waals surface area contributed by atoms with Gasteiger partial charge in [-0.1, -0.05) is 94.9 Å². The van der Waals surface area contributed by atoms with Crippen molar-refractivity contribution in [2.45, 2.75) is 165 Å². The highest BCUT2D eigenvalue weighted by molar-refractivity contribution is 6.21. The number of likely N-dealkylation sites (tertiary alicyclic amines) is 1. The molecular formula is C37H73ClN2. The second-order valence-corrected chi connectivity index (χ2v) is 16.7. The third kappa shape index (κ3) is 8.22. The quantitative estimate of drug-likeness (QED) is 0.195. The van der Waals surface area contributed by atoms with Gasteiger partial charge < -0.3 is 10.6 Å². The molecule has 2 fully saturated rings. The van der Waals surface area contributed by atoms with Crippen LogP contribution in [0.15, 0.2) is 0 Å². The van der Waals surface area contributed by atoms with E-state index in [1.54, 1.807) is 0 Å². The van der Waals surface area contributed by atoms with Gasteiger partial charge >= 0.3 is 0 Å². The molecule has 2 nitrogen and oxygen atoms in total. The molecule has 2 aliphatic rings. The summed E-state index contributed by atoms with van der Waals surface area (Å²) in [6.45, 7) is 32.2. The first-order valence-corrected chi connectivity index (χ1v) is 18.2. The van der Waals surface area contributed by atoms with E-state index in [9.17, 15) is 0 Å². The molecule has 0 aromatic heterocycles. The van der Waals surface area contributed by atoms with Gasteiger partial charge in [0.1, 0.15) is 0 Å². The normalized spacial score (nSPS) is 33.3. The molecule has 3 heteroatoms.